The monoisotopic (exact) mass is 454 g/mol. The lowest BCUT2D eigenvalue weighted by atomic mass is 10.1. The lowest BCUT2D eigenvalue weighted by Crippen LogP contribution is -2.25. The molecule has 0 aromatic heterocycles. The number of benzene rings is 3. The molecule has 0 radical (unpaired) electrons. The average molecular weight is 455 g/mol. The first kappa shape index (κ1) is 23.1. The molecule has 0 saturated heterocycles. The molecule has 0 bridgehead atoms. The van der Waals surface area contributed by atoms with Crippen LogP contribution in [-0.2, 0) is 16.6 Å². The Morgan fingerprint density at radius 3 is 2.22 bits per heavy atom. The van der Waals surface area contributed by atoms with E-state index in [-0.39, 0.29) is 22.1 Å². The third-order valence-electron chi connectivity index (χ3n) is 4.54. The lowest BCUT2D eigenvalue weighted by Gasteiger charge is -2.15. The molecule has 3 aromatic rings. The molecular weight excluding hydrogens is 428 g/mol. The molecule has 0 unspecified atom stereocenters. The quantitative estimate of drug-likeness (QED) is 0.479. The van der Waals surface area contributed by atoms with Gasteiger partial charge in [-0.05, 0) is 43.7 Å². The summed E-state index contributed by atoms with van der Waals surface area (Å²) in [5.74, 6) is 0.425. The van der Waals surface area contributed by atoms with Gasteiger partial charge in [-0.2, -0.15) is 0 Å². The van der Waals surface area contributed by atoms with Gasteiger partial charge in [-0.1, -0.05) is 42.5 Å². The van der Waals surface area contributed by atoms with Crippen LogP contribution in [0.3, 0.4) is 0 Å². The van der Waals surface area contributed by atoms with E-state index in [1.165, 1.54) is 12.1 Å². The van der Waals surface area contributed by atoms with Crippen molar-refractivity contribution >= 4 is 21.6 Å². The summed E-state index contributed by atoms with van der Waals surface area (Å²) in [7, 11) is -3.97. The van der Waals surface area contributed by atoms with Gasteiger partial charge in [0.1, 0.15) is 0 Å². The molecule has 3 aromatic carbocycles. The molecule has 1 amide bonds. The van der Waals surface area contributed by atoms with Crippen molar-refractivity contribution < 1.29 is 22.7 Å². The van der Waals surface area contributed by atoms with Gasteiger partial charge in [-0.3, -0.25) is 9.52 Å². The van der Waals surface area contributed by atoms with Crippen LogP contribution in [0.1, 0.15) is 29.8 Å². The number of anilines is 1. The zero-order valence-electron chi connectivity index (χ0n) is 18.0. The smallest absolute Gasteiger partial charge is 0.262 e. The Morgan fingerprint density at radius 2 is 1.50 bits per heavy atom. The van der Waals surface area contributed by atoms with Crippen LogP contribution in [0.4, 0.5) is 5.69 Å². The number of para-hydroxylation sites is 1. The van der Waals surface area contributed by atoms with Crippen LogP contribution in [0, 0.1) is 0 Å². The summed E-state index contributed by atoms with van der Waals surface area (Å²) in [5.41, 5.74) is 1.35. The highest BCUT2D eigenvalue weighted by atomic mass is 32.2. The molecule has 0 atom stereocenters. The van der Waals surface area contributed by atoms with Crippen molar-refractivity contribution in [3.63, 3.8) is 0 Å². The maximum atomic E-state index is 13.0. The van der Waals surface area contributed by atoms with E-state index in [1.807, 2.05) is 37.3 Å². The first-order chi connectivity index (χ1) is 15.4. The molecule has 0 spiro atoms. The number of carbonyl (C=O) groups is 1. The summed E-state index contributed by atoms with van der Waals surface area (Å²) in [6, 6.07) is 20.3. The van der Waals surface area contributed by atoms with E-state index in [2.05, 4.69) is 10.0 Å². The normalized spacial score (nSPS) is 10.9. The second kappa shape index (κ2) is 10.7. The summed E-state index contributed by atoms with van der Waals surface area (Å²) < 4.78 is 39.6. The van der Waals surface area contributed by atoms with E-state index in [9.17, 15) is 13.2 Å². The van der Waals surface area contributed by atoms with Crippen molar-refractivity contribution in [3.8, 4) is 11.5 Å². The van der Waals surface area contributed by atoms with Gasteiger partial charge in [0.2, 0.25) is 0 Å². The molecule has 8 heteroatoms. The Labute approximate surface area is 188 Å². The summed E-state index contributed by atoms with van der Waals surface area (Å²) in [5, 5.41) is 2.82. The van der Waals surface area contributed by atoms with Crippen molar-refractivity contribution in [2.24, 2.45) is 0 Å². The van der Waals surface area contributed by atoms with Crippen molar-refractivity contribution in [2.45, 2.75) is 25.3 Å². The summed E-state index contributed by atoms with van der Waals surface area (Å²) in [6.07, 6.45) is 0. The third-order valence-corrected chi connectivity index (χ3v) is 5.90. The van der Waals surface area contributed by atoms with Crippen molar-refractivity contribution in [3.05, 3.63) is 83.9 Å². The number of nitrogens with one attached hydrogen (secondary N) is 2. The van der Waals surface area contributed by atoms with Gasteiger partial charge in [0.15, 0.2) is 11.5 Å². The average Bonchev–Trinajstić information content (AvgIpc) is 2.79. The maximum Gasteiger partial charge on any atom is 0.262 e. The fraction of sp³-hybridized carbons (Fsp3) is 0.208. The van der Waals surface area contributed by atoms with Crippen molar-refractivity contribution in [2.75, 3.05) is 17.9 Å². The minimum absolute atomic E-state index is 0.00361. The van der Waals surface area contributed by atoms with Gasteiger partial charge < -0.3 is 14.8 Å². The molecule has 32 heavy (non-hydrogen) atoms. The fourth-order valence-corrected chi connectivity index (χ4v) is 4.14. The highest BCUT2D eigenvalue weighted by Gasteiger charge is 2.20. The van der Waals surface area contributed by atoms with Crippen molar-refractivity contribution in [1.29, 1.82) is 0 Å². The number of sulfonamides is 1. The molecule has 2 N–H and O–H groups in total. The van der Waals surface area contributed by atoms with Crippen LogP contribution in [-0.4, -0.2) is 27.5 Å². The summed E-state index contributed by atoms with van der Waals surface area (Å²) >= 11 is 0. The minimum atomic E-state index is -3.97. The predicted octanol–water partition coefficient (Wildman–Crippen LogP) is 4.21. The topological polar surface area (TPSA) is 93.7 Å². The lowest BCUT2D eigenvalue weighted by molar-refractivity contribution is 0.0952. The highest BCUT2D eigenvalue weighted by molar-refractivity contribution is 7.92. The number of carbonyl (C=O) groups excluding carboxylic acids is 1. The fourth-order valence-electron chi connectivity index (χ4n) is 3.05. The molecular formula is C24H26N2O5S. The van der Waals surface area contributed by atoms with E-state index in [0.29, 0.717) is 31.3 Å². The minimum Gasteiger partial charge on any atom is -0.490 e. The number of amides is 1. The first-order valence-corrected chi connectivity index (χ1v) is 11.8. The highest BCUT2D eigenvalue weighted by Crippen LogP contribution is 2.31. The van der Waals surface area contributed by atoms with E-state index in [0.717, 1.165) is 5.56 Å². The Bertz CT molecular complexity index is 1160. The zero-order valence-corrected chi connectivity index (χ0v) is 18.8. The predicted molar refractivity (Wildman–Crippen MR) is 124 cm³/mol. The first-order valence-electron chi connectivity index (χ1n) is 10.3. The van der Waals surface area contributed by atoms with Gasteiger partial charge in [-0.15, -0.1) is 0 Å². The van der Waals surface area contributed by atoms with Crippen LogP contribution < -0.4 is 19.5 Å². The van der Waals surface area contributed by atoms with Crippen LogP contribution in [0.2, 0.25) is 0 Å². The number of rotatable bonds is 10. The van der Waals surface area contributed by atoms with E-state index in [1.54, 1.807) is 37.3 Å². The van der Waals surface area contributed by atoms with Crippen LogP contribution in [0.15, 0.2) is 77.7 Å². The van der Waals surface area contributed by atoms with Gasteiger partial charge in [0, 0.05) is 12.6 Å². The molecule has 168 valence electrons. The Morgan fingerprint density at radius 1 is 0.844 bits per heavy atom. The summed E-state index contributed by atoms with van der Waals surface area (Å²) in [6.45, 7) is 4.76. The number of ether oxygens (including phenoxy) is 2. The number of hydrogen-bond donors (Lipinski definition) is 2. The number of hydrogen-bond acceptors (Lipinski definition) is 5. The molecule has 7 nitrogen and oxygen atoms in total. The Kier molecular flexibility index (Phi) is 7.72. The Hall–Kier alpha value is -3.52. The molecule has 0 fully saturated rings. The van der Waals surface area contributed by atoms with Crippen molar-refractivity contribution in [1.82, 2.24) is 5.32 Å². The zero-order chi connectivity index (χ0) is 23.0. The SMILES string of the molecule is CCOc1ccc(S(=O)(=O)Nc2ccccc2C(=O)NCc2ccccc2)cc1OCC. The van der Waals surface area contributed by atoms with Gasteiger partial charge in [-0.25, -0.2) is 8.42 Å². The standard InChI is InChI=1S/C24H26N2O5S/c1-3-30-22-15-14-19(16-23(22)31-4-2)32(28,29)26-21-13-9-8-12-20(21)24(27)25-17-18-10-6-5-7-11-18/h5-16,26H,3-4,17H2,1-2H3,(H,25,27). The second-order valence-electron chi connectivity index (χ2n) is 6.79. The molecule has 3 rings (SSSR count). The van der Waals surface area contributed by atoms with E-state index in [4.69, 9.17) is 9.47 Å². The van der Waals surface area contributed by atoms with Crippen LogP contribution in [0.25, 0.3) is 0 Å². The molecule has 0 aliphatic rings. The largest absolute Gasteiger partial charge is 0.490 e. The second-order valence-corrected chi connectivity index (χ2v) is 8.48. The summed E-state index contributed by atoms with van der Waals surface area (Å²) in [4.78, 5) is 12.7. The molecule has 0 aliphatic carbocycles. The van der Waals surface area contributed by atoms with Crippen LogP contribution in [0.5, 0.6) is 11.5 Å². The van der Waals surface area contributed by atoms with Crippen LogP contribution >= 0.6 is 0 Å². The molecule has 0 saturated carbocycles. The maximum absolute atomic E-state index is 13.0. The van der Waals surface area contributed by atoms with Gasteiger partial charge in [0.05, 0.1) is 29.4 Å². The van der Waals surface area contributed by atoms with Gasteiger partial charge >= 0.3 is 0 Å². The van der Waals surface area contributed by atoms with E-state index >= 15 is 0 Å². The van der Waals surface area contributed by atoms with Gasteiger partial charge in [0.25, 0.3) is 15.9 Å². The Balaban J connectivity index is 1.82. The molecule has 0 aliphatic heterocycles. The third kappa shape index (κ3) is 5.79. The van der Waals surface area contributed by atoms with E-state index < -0.39 is 10.0 Å². The molecule has 0 heterocycles.